The number of likely N-dealkylation sites (tertiary alicyclic amines) is 1. The van der Waals surface area contributed by atoms with Gasteiger partial charge in [0, 0.05) is 36.3 Å². The largest absolute Gasteiger partial charge is 0.396 e. The number of carbonyl (C=O) groups is 3. The van der Waals surface area contributed by atoms with E-state index in [1.807, 2.05) is 6.92 Å². The third-order valence-corrected chi connectivity index (χ3v) is 10.2. The van der Waals surface area contributed by atoms with Gasteiger partial charge >= 0.3 is 0 Å². The van der Waals surface area contributed by atoms with Crippen LogP contribution in [-0.4, -0.2) is 74.8 Å². The van der Waals surface area contributed by atoms with Crippen molar-refractivity contribution in [3.05, 3.63) is 0 Å². The molecule has 0 aromatic carbocycles. The van der Waals surface area contributed by atoms with E-state index in [0.717, 1.165) is 51.4 Å². The number of hydrogen-bond acceptors (Lipinski definition) is 5. The molecule has 0 aliphatic carbocycles. The first-order chi connectivity index (χ1) is 15.4. The van der Waals surface area contributed by atoms with E-state index in [4.69, 9.17) is 5.11 Å². The molecule has 7 nitrogen and oxygen atoms in total. The van der Waals surface area contributed by atoms with Crippen molar-refractivity contribution in [2.24, 2.45) is 11.8 Å². The number of aliphatic hydroxyl groups is 1. The normalized spacial score (nSPS) is 32.9. The second-order valence-corrected chi connectivity index (χ2v) is 12.0. The Morgan fingerprint density at radius 3 is 2.50 bits per heavy atom. The van der Waals surface area contributed by atoms with Gasteiger partial charge in [-0.15, -0.1) is 11.8 Å². The van der Waals surface area contributed by atoms with E-state index in [2.05, 4.69) is 33.5 Å². The molecule has 3 unspecified atom stereocenters. The number of aliphatic hydroxyl groups excluding tert-OH is 1. The predicted molar refractivity (Wildman–Crippen MR) is 131 cm³/mol. The topological polar surface area (TPSA) is 98.7 Å². The van der Waals surface area contributed by atoms with Crippen molar-refractivity contribution < 1.29 is 19.5 Å². The van der Waals surface area contributed by atoms with Gasteiger partial charge in [-0.25, -0.2) is 0 Å². The minimum atomic E-state index is -0.550. The minimum absolute atomic E-state index is 0.0125. The van der Waals surface area contributed by atoms with Gasteiger partial charge in [-0.1, -0.05) is 49.0 Å². The number of nitrogens with one attached hydrogen (secondary N) is 2. The first-order valence-electron chi connectivity index (χ1n) is 12.2. The summed E-state index contributed by atoms with van der Waals surface area (Å²) < 4.78 is -0.550. The number of carbonyl (C=O) groups excluding carboxylic acids is 3. The summed E-state index contributed by atoms with van der Waals surface area (Å²) in [4.78, 5) is 42.2. The van der Waals surface area contributed by atoms with Crippen LogP contribution in [0.15, 0.2) is 0 Å². The number of thioether (sulfide) groups is 1. The molecule has 9 heteroatoms. The monoisotopic (exact) mass is 531 g/mol. The zero-order chi connectivity index (χ0) is 23.3. The Labute approximate surface area is 204 Å². The Balaban J connectivity index is 1.85. The highest BCUT2D eigenvalue weighted by Crippen LogP contribution is 2.67. The Bertz CT molecular complexity index is 696. The van der Waals surface area contributed by atoms with E-state index in [1.165, 1.54) is 0 Å². The van der Waals surface area contributed by atoms with Crippen LogP contribution >= 0.6 is 27.7 Å². The average molecular weight is 533 g/mol. The van der Waals surface area contributed by atoms with Crippen LogP contribution in [0.2, 0.25) is 0 Å². The summed E-state index contributed by atoms with van der Waals surface area (Å²) in [6.07, 6.45) is 6.83. The summed E-state index contributed by atoms with van der Waals surface area (Å²) in [7, 11) is 0. The first-order valence-corrected chi connectivity index (χ1v) is 14.0. The smallest absolute Gasteiger partial charge is 0.244 e. The Morgan fingerprint density at radius 2 is 1.81 bits per heavy atom. The van der Waals surface area contributed by atoms with Crippen LogP contribution in [0.25, 0.3) is 0 Å². The molecular weight excluding hydrogens is 494 g/mol. The molecule has 3 rings (SSSR count). The van der Waals surface area contributed by atoms with Gasteiger partial charge in [-0.3, -0.25) is 14.4 Å². The number of nitrogens with zero attached hydrogens (tertiary/aromatic N) is 1. The maximum atomic E-state index is 13.7. The summed E-state index contributed by atoms with van der Waals surface area (Å²) in [5, 5.41) is 15.1. The number of halogens is 1. The van der Waals surface area contributed by atoms with Crippen LogP contribution < -0.4 is 10.6 Å². The van der Waals surface area contributed by atoms with Crippen molar-refractivity contribution in [3.8, 4) is 0 Å². The lowest BCUT2D eigenvalue weighted by atomic mass is 9.70. The standard InChI is InChI=1S/C23H38BrN3O4S/c1-3-5-11-26-21(30)19-23-14-15(24)18(32-23)16(20(29)25-10-4-2)17(23)22(31)27(19)12-8-6-7-9-13-28/h15-19,28H,3-14H2,1-2H3,(H,25,29)(H,26,30)/t15?,16-,17+,18-,19?,23?/m1/s1. The summed E-state index contributed by atoms with van der Waals surface area (Å²) >= 11 is 5.47. The molecule has 6 atom stereocenters. The highest BCUT2D eigenvalue weighted by atomic mass is 79.9. The molecule has 0 saturated carbocycles. The molecule has 3 fully saturated rings. The van der Waals surface area contributed by atoms with E-state index in [1.54, 1.807) is 16.7 Å². The van der Waals surface area contributed by atoms with Gasteiger partial charge in [0.1, 0.15) is 6.04 Å². The molecule has 3 aliphatic rings. The van der Waals surface area contributed by atoms with Crippen molar-refractivity contribution in [1.29, 1.82) is 0 Å². The third-order valence-electron chi connectivity index (χ3n) is 7.03. The molecule has 0 aromatic heterocycles. The number of fused-ring (bicyclic) bond motifs is 1. The van der Waals surface area contributed by atoms with Crippen molar-refractivity contribution in [3.63, 3.8) is 0 Å². The van der Waals surface area contributed by atoms with Crippen LogP contribution in [-0.2, 0) is 14.4 Å². The van der Waals surface area contributed by atoms with Crippen molar-refractivity contribution in [1.82, 2.24) is 15.5 Å². The van der Waals surface area contributed by atoms with Crippen molar-refractivity contribution in [2.45, 2.75) is 86.1 Å². The van der Waals surface area contributed by atoms with Gasteiger partial charge in [-0.2, -0.15) is 0 Å². The SMILES string of the molecule is CCCCNC(=O)C1N(CCCCCCO)C(=O)[C@@H]2[C@@H](C(=O)NCCC)[C@@H]3SC12CC3Br. The van der Waals surface area contributed by atoms with Gasteiger partial charge in [0.25, 0.3) is 0 Å². The summed E-state index contributed by atoms with van der Waals surface area (Å²) in [6.45, 7) is 6.01. The quantitative estimate of drug-likeness (QED) is 0.250. The molecule has 3 N–H and O–H groups in total. The van der Waals surface area contributed by atoms with Crippen molar-refractivity contribution in [2.75, 3.05) is 26.2 Å². The van der Waals surface area contributed by atoms with E-state index >= 15 is 0 Å². The van der Waals surface area contributed by atoms with Gasteiger partial charge in [0.15, 0.2) is 0 Å². The fourth-order valence-corrected chi connectivity index (χ4v) is 9.18. The molecule has 182 valence electrons. The number of rotatable bonds is 13. The minimum Gasteiger partial charge on any atom is -0.396 e. The molecular formula is C23H38BrN3O4S. The van der Waals surface area contributed by atoms with Gasteiger partial charge in [-0.05, 0) is 32.1 Å². The van der Waals surface area contributed by atoms with Crippen LogP contribution in [0.1, 0.15) is 65.2 Å². The molecule has 3 saturated heterocycles. The van der Waals surface area contributed by atoms with Crippen molar-refractivity contribution >= 4 is 45.4 Å². The highest BCUT2D eigenvalue weighted by Gasteiger charge is 2.75. The van der Waals surface area contributed by atoms with Crippen LogP contribution in [0.4, 0.5) is 0 Å². The van der Waals surface area contributed by atoms with Gasteiger partial charge < -0.3 is 20.6 Å². The molecule has 3 aliphatic heterocycles. The number of hydrogen-bond donors (Lipinski definition) is 3. The second-order valence-electron chi connectivity index (χ2n) is 9.27. The Morgan fingerprint density at radius 1 is 1.09 bits per heavy atom. The lowest BCUT2D eigenvalue weighted by Crippen LogP contribution is -2.55. The van der Waals surface area contributed by atoms with Crippen LogP contribution in [0.5, 0.6) is 0 Å². The molecule has 32 heavy (non-hydrogen) atoms. The maximum absolute atomic E-state index is 13.7. The molecule has 0 aromatic rings. The van der Waals surface area contributed by atoms with E-state index in [9.17, 15) is 14.4 Å². The first kappa shape index (κ1) is 25.8. The van der Waals surface area contributed by atoms with E-state index < -0.39 is 22.6 Å². The predicted octanol–water partition coefficient (Wildman–Crippen LogP) is 2.45. The number of alkyl halides is 1. The summed E-state index contributed by atoms with van der Waals surface area (Å²) in [5.74, 6) is -1.00. The van der Waals surface area contributed by atoms with E-state index in [-0.39, 0.29) is 34.4 Å². The molecule has 0 radical (unpaired) electrons. The zero-order valence-electron chi connectivity index (χ0n) is 19.3. The third kappa shape index (κ3) is 4.85. The number of amides is 3. The van der Waals surface area contributed by atoms with Crippen LogP contribution in [0.3, 0.4) is 0 Å². The second kappa shape index (κ2) is 11.6. The van der Waals surface area contributed by atoms with Crippen LogP contribution in [0, 0.1) is 11.8 Å². The highest BCUT2D eigenvalue weighted by molar-refractivity contribution is 9.09. The summed E-state index contributed by atoms with van der Waals surface area (Å²) in [6, 6.07) is -0.534. The molecule has 1 spiro atoms. The number of unbranched alkanes of at least 4 members (excludes halogenated alkanes) is 4. The molecule has 3 heterocycles. The fourth-order valence-electron chi connectivity index (χ4n) is 5.57. The maximum Gasteiger partial charge on any atom is 0.244 e. The Kier molecular flexibility index (Phi) is 9.32. The molecule has 2 bridgehead atoms. The lowest BCUT2D eigenvalue weighted by Gasteiger charge is -2.35. The fraction of sp³-hybridized carbons (Fsp3) is 0.870. The lowest BCUT2D eigenvalue weighted by molar-refractivity contribution is -0.140. The zero-order valence-corrected chi connectivity index (χ0v) is 21.7. The molecule has 3 amide bonds. The Hall–Kier alpha value is -0.800. The van der Waals surface area contributed by atoms with Gasteiger partial charge in [0.2, 0.25) is 17.7 Å². The van der Waals surface area contributed by atoms with Gasteiger partial charge in [0.05, 0.1) is 16.6 Å². The summed E-state index contributed by atoms with van der Waals surface area (Å²) in [5.41, 5.74) is 0. The average Bonchev–Trinajstić information content (AvgIpc) is 3.35. The van der Waals surface area contributed by atoms with E-state index in [0.29, 0.717) is 19.6 Å².